The van der Waals surface area contributed by atoms with E-state index < -0.39 is 65.9 Å². The molecular formula is C31H39N5O8. The number of benzene rings is 2. The SMILES string of the molecule is CC(C)(C)NC(=O)[C@@H]1CC(=O)CN1C(=O)C(O)C(Cc1ccccc1)NC(=O)[C@H](CC(N)=O)NC(=O)OCc1ccccc1. The summed E-state index contributed by atoms with van der Waals surface area (Å²) in [4.78, 5) is 77.4. The number of carbonyl (C=O) groups excluding carboxylic acids is 6. The Morgan fingerprint density at radius 2 is 1.57 bits per heavy atom. The van der Waals surface area contributed by atoms with Crippen LogP contribution >= 0.6 is 0 Å². The minimum Gasteiger partial charge on any atom is -0.445 e. The number of hydrogen-bond donors (Lipinski definition) is 5. The highest BCUT2D eigenvalue weighted by Gasteiger charge is 2.43. The van der Waals surface area contributed by atoms with Crippen molar-refractivity contribution >= 4 is 35.5 Å². The first kappa shape index (κ1) is 33.7. The van der Waals surface area contributed by atoms with E-state index in [1.165, 1.54) is 0 Å². The van der Waals surface area contributed by atoms with Crippen molar-refractivity contribution in [2.24, 2.45) is 5.73 Å². The average Bonchev–Trinajstić information content (AvgIpc) is 3.36. The van der Waals surface area contributed by atoms with E-state index in [0.29, 0.717) is 11.1 Å². The van der Waals surface area contributed by atoms with Crippen LogP contribution in [0.1, 0.15) is 44.7 Å². The van der Waals surface area contributed by atoms with E-state index in [2.05, 4.69) is 16.0 Å². The van der Waals surface area contributed by atoms with Gasteiger partial charge in [0.2, 0.25) is 17.7 Å². The number of aliphatic hydroxyl groups excluding tert-OH is 1. The second kappa shape index (κ2) is 15.1. The molecule has 2 aromatic rings. The van der Waals surface area contributed by atoms with Crippen LogP contribution in [0.2, 0.25) is 0 Å². The van der Waals surface area contributed by atoms with E-state index in [4.69, 9.17) is 10.5 Å². The number of carbonyl (C=O) groups is 6. The van der Waals surface area contributed by atoms with E-state index in [1.54, 1.807) is 81.4 Å². The van der Waals surface area contributed by atoms with Crippen LogP contribution in [0, 0.1) is 0 Å². The molecule has 0 radical (unpaired) electrons. The zero-order valence-electron chi connectivity index (χ0n) is 24.9. The number of aliphatic hydroxyl groups is 1. The molecule has 236 valence electrons. The zero-order chi connectivity index (χ0) is 32.4. The van der Waals surface area contributed by atoms with Gasteiger partial charge in [-0.05, 0) is 38.3 Å². The van der Waals surface area contributed by atoms with Gasteiger partial charge >= 0.3 is 6.09 Å². The number of rotatable bonds is 12. The highest BCUT2D eigenvalue weighted by atomic mass is 16.5. The van der Waals surface area contributed by atoms with Crippen molar-refractivity contribution in [1.29, 1.82) is 0 Å². The molecule has 1 saturated heterocycles. The lowest BCUT2D eigenvalue weighted by molar-refractivity contribution is -0.147. The molecule has 0 bridgehead atoms. The number of nitrogens with zero attached hydrogens (tertiary/aromatic N) is 1. The maximum Gasteiger partial charge on any atom is 0.408 e. The monoisotopic (exact) mass is 609 g/mol. The summed E-state index contributed by atoms with van der Waals surface area (Å²) in [5, 5.41) is 18.9. The Bertz CT molecular complexity index is 1350. The van der Waals surface area contributed by atoms with Crippen molar-refractivity contribution in [2.45, 2.75) is 76.4 Å². The van der Waals surface area contributed by atoms with Gasteiger partial charge in [-0.2, -0.15) is 0 Å². The predicted octanol–water partition coefficient (Wildman–Crippen LogP) is 0.330. The van der Waals surface area contributed by atoms with Crippen LogP contribution in [0.5, 0.6) is 0 Å². The van der Waals surface area contributed by atoms with Crippen LogP contribution in [0.4, 0.5) is 4.79 Å². The largest absolute Gasteiger partial charge is 0.445 e. The number of nitrogens with two attached hydrogens (primary N) is 1. The fraction of sp³-hybridized carbons (Fsp3) is 0.419. The van der Waals surface area contributed by atoms with Crippen molar-refractivity contribution < 1.29 is 38.6 Å². The number of nitrogens with one attached hydrogen (secondary N) is 3. The Labute approximate surface area is 255 Å². The molecule has 4 atom stereocenters. The number of Topliss-reactive ketones (excluding diaryl/α,β-unsaturated/α-hetero) is 1. The molecule has 6 N–H and O–H groups in total. The molecule has 1 fully saturated rings. The number of ketones is 1. The standard InChI is InChI=1S/C31H39N5O8/c1-31(2,3)35-28(41)24-15-21(37)17-36(24)29(42)26(39)22(14-19-10-6-4-7-11-19)33-27(40)23(16-25(32)38)34-30(43)44-18-20-12-8-5-9-13-20/h4-13,22-24,26,39H,14-18H2,1-3H3,(H2,32,38)(H,33,40)(H,34,43)(H,35,41)/t22?,23-,24-,26?/m0/s1. The molecule has 1 aliphatic rings. The summed E-state index contributed by atoms with van der Waals surface area (Å²) >= 11 is 0. The summed E-state index contributed by atoms with van der Waals surface area (Å²) in [7, 11) is 0. The Morgan fingerprint density at radius 1 is 0.977 bits per heavy atom. The van der Waals surface area contributed by atoms with Gasteiger partial charge in [-0.3, -0.25) is 24.0 Å². The Hall–Kier alpha value is -4.78. The fourth-order valence-electron chi connectivity index (χ4n) is 4.66. The quantitative estimate of drug-likeness (QED) is 0.227. The first-order valence-electron chi connectivity index (χ1n) is 14.2. The predicted molar refractivity (Wildman–Crippen MR) is 158 cm³/mol. The minimum absolute atomic E-state index is 0.0398. The number of ether oxygens (including phenoxy) is 1. The van der Waals surface area contributed by atoms with Gasteiger partial charge in [0.25, 0.3) is 5.91 Å². The lowest BCUT2D eigenvalue weighted by atomic mass is 9.99. The Morgan fingerprint density at radius 3 is 2.14 bits per heavy atom. The summed E-state index contributed by atoms with van der Waals surface area (Å²) in [6.45, 7) is 4.77. The molecule has 1 heterocycles. The van der Waals surface area contributed by atoms with Gasteiger partial charge in [0.1, 0.15) is 18.7 Å². The van der Waals surface area contributed by atoms with Gasteiger partial charge in [0.15, 0.2) is 11.9 Å². The third-order valence-corrected chi connectivity index (χ3v) is 6.71. The molecule has 0 saturated carbocycles. The summed E-state index contributed by atoms with van der Waals surface area (Å²) in [6.07, 6.45) is -3.73. The fourth-order valence-corrected chi connectivity index (χ4v) is 4.66. The number of primary amides is 1. The van der Waals surface area contributed by atoms with E-state index >= 15 is 0 Å². The molecular weight excluding hydrogens is 570 g/mol. The molecule has 0 spiro atoms. The van der Waals surface area contributed by atoms with Crippen LogP contribution in [0.25, 0.3) is 0 Å². The zero-order valence-corrected chi connectivity index (χ0v) is 24.9. The molecule has 2 unspecified atom stereocenters. The van der Waals surface area contributed by atoms with Crippen LogP contribution < -0.4 is 21.7 Å². The highest BCUT2D eigenvalue weighted by Crippen LogP contribution is 2.19. The average molecular weight is 610 g/mol. The topological polar surface area (TPSA) is 197 Å². The van der Waals surface area contributed by atoms with Gasteiger partial charge in [0.05, 0.1) is 19.0 Å². The van der Waals surface area contributed by atoms with Crippen molar-refractivity contribution in [3.05, 3.63) is 71.8 Å². The maximum absolute atomic E-state index is 13.6. The number of likely N-dealkylation sites (tertiary alicyclic amines) is 1. The molecule has 2 aromatic carbocycles. The lowest BCUT2D eigenvalue weighted by Crippen LogP contribution is -2.59. The van der Waals surface area contributed by atoms with Crippen LogP contribution in [0.15, 0.2) is 60.7 Å². The summed E-state index contributed by atoms with van der Waals surface area (Å²) in [5.41, 5.74) is 6.03. The van der Waals surface area contributed by atoms with Gasteiger partial charge < -0.3 is 36.4 Å². The van der Waals surface area contributed by atoms with E-state index in [0.717, 1.165) is 4.90 Å². The highest BCUT2D eigenvalue weighted by molar-refractivity contribution is 6.00. The van der Waals surface area contributed by atoms with E-state index in [9.17, 15) is 33.9 Å². The summed E-state index contributed by atoms with van der Waals surface area (Å²) < 4.78 is 5.16. The second-order valence-electron chi connectivity index (χ2n) is 11.6. The van der Waals surface area contributed by atoms with E-state index in [-0.39, 0.29) is 31.8 Å². The van der Waals surface area contributed by atoms with Crippen molar-refractivity contribution in [3.8, 4) is 0 Å². The Kier molecular flexibility index (Phi) is 11.6. The normalized spacial score (nSPS) is 16.8. The molecule has 0 aromatic heterocycles. The minimum atomic E-state index is -1.89. The van der Waals surface area contributed by atoms with Crippen molar-refractivity contribution in [1.82, 2.24) is 20.9 Å². The first-order valence-corrected chi connectivity index (χ1v) is 14.2. The Balaban J connectivity index is 1.79. The number of alkyl carbamates (subject to hydrolysis) is 1. The van der Waals surface area contributed by atoms with Gasteiger partial charge in [-0.15, -0.1) is 0 Å². The van der Waals surface area contributed by atoms with Crippen LogP contribution in [0.3, 0.4) is 0 Å². The molecule has 3 rings (SSSR count). The number of amides is 5. The molecule has 5 amide bonds. The maximum atomic E-state index is 13.6. The van der Waals surface area contributed by atoms with E-state index in [1.807, 2.05) is 0 Å². The van der Waals surface area contributed by atoms with Crippen LogP contribution in [-0.4, -0.2) is 81.8 Å². The third-order valence-electron chi connectivity index (χ3n) is 6.71. The van der Waals surface area contributed by atoms with Crippen LogP contribution in [-0.2, 0) is 41.7 Å². The lowest BCUT2D eigenvalue weighted by Gasteiger charge is -2.32. The molecule has 1 aliphatic heterocycles. The first-order chi connectivity index (χ1) is 20.7. The molecule has 0 aliphatic carbocycles. The van der Waals surface area contributed by atoms with Gasteiger partial charge in [-0.25, -0.2) is 4.79 Å². The molecule has 13 nitrogen and oxygen atoms in total. The van der Waals surface area contributed by atoms with Crippen molar-refractivity contribution in [3.63, 3.8) is 0 Å². The third kappa shape index (κ3) is 10.2. The second-order valence-corrected chi connectivity index (χ2v) is 11.6. The molecule has 13 heteroatoms. The van der Waals surface area contributed by atoms with Gasteiger partial charge in [-0.1, -0.05) is 60.7 Å². The summed E-state index contributed by atoms with van der Waals surface area (Å²) in [6, 6.07) is 13.5. The smallest absolute Gasteiger partial charge is 0.408 e. The number of hydrogen-bond acceptors (Lipinski definition) is 8. The summed E-state index contributed by atoms with van der Waals surface area (Å²) in [5.74, 6) is -3.65. The molecule has 44 heavy (non-hydrogen) atoms. The van der Waals surface area contributed by atoms with Gasteiger partial charge in [0, 0.05) is 12.0 Å². The van der Waals surface area contributed by atoms with Crippen molar-refractivity contribution in [2.75, 3.05) is 6.54 Å².